The van der Waals surface area contributed by atoms with E-state index in [1.807, 2.05) is 6.92 Å². The molecule has 0 unspecified atom stereocenters. The van der Waals surface area contributed by atoms with Gasteiger partial charge in [0.1, 0.15) is 11.6 Å². The first kappa shape index (κ1) is 15.4. The monoisotopic (exact) mass is 311 g/mol. The Morgan fingerprint density at radius 1 is 1.10 bits per heavy atom. The van der Waals surface area contributed by atoms with Crippen LogP contribution in [0.5, 0.6) is 0 Å². The lowest BCUT2D eigenvalue weighted by Crippen LogP contribution is -2.05. The van der Waals surface area contributed by atoms with E-state index in [0.29, 0.717) is 11.3 Å². The highest BCUT2D eigenvalue weighted by Crippen LogP contribution is 2.21. The maximum absolute atomic E-state index is 13.5. The van der Waals surface area contributed by atoms with Gasteiger partial charge in [0.15, 0.2) is 9.84 Å². The van der Waals surface area contributed by atoms with Gasteiger partial charge in [-0.2, -0.15) is 0 Å². The van der Waals surface area contributed by atoms with Crippen LogP contribution < -0.4 is 5.32 Å². The summed E-state index contributed by atoms with van der Waals surface area (Å²) in [5.41, 5.74) is 1.74. The van der Waals surface area contributed by atoms with Gasteiger partial charge in [0.05, 0.1) is 4.90 Å². The zero-order chi connectivity index (χ0) is 15.6. The van der Waals surface area contributed by atoms with E-state index in [1.165, 1.54) is 24.3 Å². The van der Waals surface area contributed by atoms with E-state index in [1.54, 1.807) is 6.07 Å². The lowest BCUT2D eigenvalue weighted by Gasteiger charge is -2.11. The second-order valence-corrected chi connectivity index (χ2v) is 6.85. The van der Waals surface area contributed by atoms with Gasteiger partial charge in [0, 0.05) is 30.1 Å². The van der Waals surface area contributed by atoms with Crippen LogP contribution in [0.2, 0.25) is 0 Å². The maximum atomic E-state index is 13.5. The van der Waals surface area contributed by atoms with Crippen molar-refractivity contribution in [3.05, 3.63) is 59.2 Å². The topological polar surface area (TPSA) is 46.2 Å². The van der Waals surface area contributed by atoms with E-state index < -0.39 is 21.5 Å². The lowest BCUT2D eigenvalue weighted by molar-refractivity contribution is 0.574. The average Bonchev–Trinajstić information content (AvgIpc) is 2.38. The Bertz CT molecular complexity index is 773. The van der Waals surface area contributed by atoms with Crippen LogP contribution in [-0.2, 0) is 16.4 Å². The molecule has 0 radical (unpaired) electrons. The molecule has 0 saturated carbocycles. The minimum atomic E-state index is -3.30. The summed E-state index contributed by atoms with van der Waals surface area (Å²) in [7, 11) is -3.30. The van der Waals surface area contributed by atoms with E-state index in [2.05, 4.69) is 5.32 Å². The van der Waals surface area contributed by atoms with Gasteiger partial charge in [0.2, 0.25) is 0 Å². The van der Waals surface area contributed by atoms with Crippen molar-refractivity contribution in [1.29, 1.82) is 0 Å². The van der Waals surface area contributed by atoms with Crippen LogP contribution >= 0.6 is 0 Å². The molecule has 0 heterocycles. The number of hydrogen-bond acceptors (Lipinski definition) is 3. The molecule has 6 heteroatoms. The van der Waals surface area contributed by atoms with Crippen molar-refractivity contribution in [1.82, 2.24) is 0 Å². The first-order chi connectivity index (χ1) is 9.77. The highest BCUT2D eigenvalue weighted by molar-refractivity contribution is 7.90. The molecule has 0 bridgehead atoms. The molecule has 0 atom stereocenters. The molecule has 1 N–H and O–H groups in total. The molecule has 0 spiro atoms. The van der Waals surface area contributed by atoms with E-state index in [9.17, 15) is 17.2 Å². The smallest absolute Gasteiger partial charge is 0.175 e. The molecule has 3 nitrogen and oxygen atoms in total. The third-order valence-corrected chi connectivity index (χ3v) is 4.23. The molecule has 0 fully saturated rings. The molecular weight excluding hydrogens is 296 g/mol. The average molecular weight is 311 g/mol. The number of sulfone groups is 1. The summed E-state index contributed by atoms with van der Waals surface area (Å²) in [6, 6.07) is 8.06. The summed E-state index contributed by atoms with van der Waals surface area (Å²) in [6.07, 6.45) is 1.13. The maximum Gasteiger partial charge on any atom is 0.175 e. The standard InChI is InChI=1S/C15H15F2NO2S/c1-10-3-6-13(21(2,19)20)8-15(10)18-9-11-4-5-12(16)7-14(11)17/h3-8,18H,9H2,1-2H3. The molecule has 0 aliphatic carbocycles. The van der Waals surface area contributed by atoms with E-state index >= 15 is 0 Å². The Morgan fingerprint density at radius 3 is 2.43 bits per heavy atom. The van der Waals surface area contributed by atoms with Crippen LogP contribution in [0.15, 0.2) is 41.3 Å². The van der Waals surface area contributed by atoms with Gasteiger partial charge in [-0.25, -0.2) is 17.2 Å². The quantitative estimate of drug-likeness (QED) is 0.942. The summed E-state index contributed by atoms with van der Waals surface area (Å²) in [5.74, 6) is -1.27. The predicted octanol–water partition coefficient (Wildman–Crippen LogP) is 3.29. The van der Waals surface area contributed by atoms with Crippen molar-refractivity contribution in [3.8, 4) is 0 Å². The third kappa shape index (κ3) is 3.78. The largest absolute Gasteiger partial charge is 0.381 e. The van der Waals surface area contributed by atoms with Crippen LogP contribution in [0, 0.1) is 18.6 Å². The van der Waals surface area contributed by atoms with Gasteiger partial charge >= 0.3 is 0 Å². The number of hydrogen-bond donors (Lipinski definition) is 1. The summed E-state index contributed by atoms with van der Waals surface area (Å²) in [4.78, 5) is 0.190. The fraction of sp³-hybridized carbons (Fsp3) is 0.200. The minimum Gasteiger partial charge on any atom is -0.381 e. The lowest BCUT2D eigenvalue weighted by atomic mass is 10.1. The van der Waals surface area contributed by atoms with E-state index in [-0.39, 0.29) is 11.4 Å². The highest BCUT2D eigenvalue weighted by atomic mass is 32.2. The number of rotatable bonds is 4. The molecular formula is C15H15F2NO2S. The summed E-state index contributed by atoms with van der Waals surface area (Å²) in [5, 5.41) is 2.98. The predicted molar refractivity (Wildman–Crippen MR) is 78.0 cm³/mol. The van der Waals surface area contributed by atoms with Gasteiger partial charge in [0.25, 0.3) is 0 Å². The molecule has 0 amide bonds. The van der Waals surface area contributed by atoms with Gasteiger partial charge < -0.3 is 5.32 Å². The zero-order valence-corrected chi connectivity index (χ0v) is 12.5. The van der Waals surface area contributed by atoms with Crippen LogP contribution in [0.3, 0.4) is 0 Å². The second kappa shape index (κ2) is 5.81. The first-order valence-corrected chi connectivity index (χ1v) is 8.15. The molecule has 2 aromatic carbocycles. The molecule has 0 aliphatic rings. The number of benzene rings is 2. The van der Waals surface area contributed by atoms with E-state index in [4.69, 9.17) is 0 Å². The number of anilines is 1. The van der Waals surface area contributed by atoms with Gasteiger partial charge in [-0.15, -0.1) is 0 Å². The molecule has 2 rings (SSSR count). The number of nitrogens with one attached hydrogen (secondary N) is 1. The van der Waals surface area contributed by atoms with Gasteiger partial charge in [-0.3, -0.25) is 0 Å². The Balaban J connectivity index is 2.23. The Kier molecular flexibility index (Phi) is 4.27. The summed E-state index contributed by atoms with van der Waals surface area (Å²) < 4.78 is 49.4. The summed E-state index contributed by atoms with van der Waals surface area (Å²) >= 11 is 0. The molecule has 0 aliphatic heterocycles. The fourth-order valence-electron chi connectivity index (χ4n) is 1.88. The summed E-state index contributed by atoms with van der Waals surface area (Å²) in [6.45, 7) is 1.95. The fourth-order valence-corrected chi connectivity index (χ4v) is 2.52. The Labute approximate surface area is 122 Å². The normalized spacial score (nSPS) is 11.4. The minimum absolute atomic E-state index is 0.139. The Hall–Kier alpha value is -1.95. The highest BCUT2D eigenvalue weighted by Gasteiger charge is 2.10. The van der Waals surface area contributed by atoms with Crippen molar-refractivity contribution < 1.29 is 17.2 Å². The number of halogens is 2. The molecule has 112 valence electrons. The van der Waals surface area contributed by atoms with Gasteiger partial charge in [-0.1, -0.05) is 12.1 Å². The molecule has 0 saturated heterocycles. The van der Waals surface area contributed by atoms with Crippen LogP contribution in [0.1, 0.15) is 11.1 Å². The van der Waals surface area contributed by atoms with E-state index in [0.717, 1.165) is 17.9 Å². The van der Waals surface area contributed by atoms with Crippen molar-refractivity contribution in [2.45, 2.75) is 18.4 Å². The molecule has 0 aromatic heterocycles. The zero-order valence-electron chi connectivity index (χ0n) is 11.7. The SMILES string of the molecule is Cc1ccc(S(C)(=O)=O)cc1NCc1ccc(F)cc1F. The first-order valence-electron chi connectivity index (χ1n) is 6.26. The van der Waals surface area contributed by atoms with Crippen molar-refractivity contribution >= 4 is 15.5 Å². The second-order valence-electron chi connectivity index (χ2n) is 4.84. The molecule has 21 heavy (non-hydrogen) atoms. The van der Waals surface area contributed by atoms with Crippen LogP contribution in [-0.4, -0.2) is 14.7 Å². The van der Waals surface area contributed by atoms with Crippen molar-refractivity contribution in [2.75, 3.05) is 11.6 Å². The molecule has 2 aromatic rings. The van der Waals surface area contributed by atoms with Crippen molar-refractivity contribution in [2.24, 2.45) is 0 Å². The van der Waals surface area contributed by atoms with Gasteiger partial charge in [-0.05, 0) is 30.7 Å². The third-order valence-electron chi connectivity index (χ3n) is 3.12. The van der Waals surface area contributed by atoms with Crippen LogP contribution in [0.4, 0.5) is 14.5 Å². The van der Waals surface area contributed by atoms with Crippen molar-refractivity contribution in [3.63, 3.8) is 0 Å². The number of aryl methyl sites for hydroxylation is 1. The van der Waals surface area contributed by atoms with Crippen LogP contribution in [0.25, 0.3) is 0 Å². The Morgan fingerprint density at radius 2 is 1.81 bits per heavy atom.